The molecule has 182 valence electrons. The van der Waals surface area contributed by atoms with Crippen LogP contribution in [0.4, 0.5) is 0 Å². The van der Waals surface area contributed by atoms with Crippen molar-refractivity contribution in [3.8, 4) is 0 Å². The van der Waals surface area contributed by atoms with Gasteiger partial charge < -0.3 is 9.32 Å². The number of hydrogen-bond donors (Lipinski definition) is 0. The van der Waals surface area contributed by atoms with Crippen LogP contribution >= 0.6 is 11.6 Å². The van der Waals surface area contributed by atoms with E-state index in [1.54, 1.807) is 35.0 Å². The van der Waals surface area contributed by atoms with E-state index in [4.69, 9.17) is 16.0 Å². The van der Waals surface area contributed by atoms with E-state index in [1.807, 2.05) is 36.4 Å². The van der Waals surface area contributed by atoms with Gasteiger partial charge in [-0.15, -0.1) is 0 Å². The van der Waals surface area contributed by atoms with Crippen molar-refractivity contribution in [2.45, 2.75) is 36.7 Å². The van der Waals surface area contributed by atoms with E-state index in [0.717, 1.165) is 49.3 Å². The minimum atomic E-state index is -3.80. The van der Waals surface area contributed by atoms with Gasteiger partial charge >= 0.3 is 0 Å². The Bertz CT molecular complexity index is 1360. The Morgan fingerprint density at radius 1 is 1.00 bits per heavy atom. The maximum Gasteiger partial charge on any atom is 0.245 e. The van der Waals surface area contributed by atoms with Crippen molar-refractivity contribution in [1.29, 1.82) is 0 Å². The largest absolute Gasteiger partial charge is 0.468 e. The molecule has 1 aliphatic rings. The summed E-state index contributed by atoms with van der Waals surface area (Å²) in [5.41, 5.74) is 1.75. The van der Waals surface area contributed by atoms with Crippen molar-refractivity contribution in [3.63, 3.8) is 0 Å². The summed E-state index contributed by atoms with van der Waals surface area (Å²) in [5, 5.41) is 1.55. The van der Waals surface area contributed by atoms with Gasteiger partial charge in [-0.25, -0.2) is 8.42 Å². The smallest absolute Gasteiger partial charge is 0.245 e. The fraction of sp³-hybridized carbons (Fsp3) is 0.296. The molecule has 1 fully saturated rings. The molecule has 0 spiro atoms. The second-order valence-electron chi connectivity index (χ2n) is 8.91. The third-order valence-corrected chi connectivity index (χ3v) is 8.85. The third kappa shape index (κ3) is 5.43. The molecule has 0 radical (unpaired) electrons. The molecule has 2 aromatic carbocycles. The van der Waals surface area contributed by atoms with Crippen molar-refractivity contribution in [3.05, 3.63) is 95.5 Å². The summed E-state index contributed by atoms with van der Waals surface area (Å²) in [6.45, 7) is 2.83. The third-order valence-electron chi connectivity index (χ3n) is 6.67. The van der Waals surface area contributed by atoms with Gasteiger partial charge in [0.15, 0.2) is 0 Å². The summed E-state index contributed by atoms with van der Waals surface area (Å²) >= 11 is 6.00. The summed E-state index contributed by atoms with van der Waals surface area (Å²) in [4.78, 5) is 7.04. The van der Waals surface area contributed by atoms with E-state index in [-0.39, 0.29) is 17.5 Å². The van der Waals surface area contributed by atoms with Crippen LogP contribution in [0.1, 0.15) is 24.2 Å². The Balaban J connectivity index is 1.34. The summed E-state index contributed by atoms with van der Waals surface area (Å²) in [6.07, 6.45) is 5.69. The van der Waals surface area contributed by atoms with Crippen molar-refractivity contribution in [1.82, 2.24) is 14.2 Å². The molecule has 0 unspecified atom stereocenters. The summed E-state index contributed by atoms with van der Waals surface area (Å²) < 4.78 is 35.2. The van der Waals surface area contributed by atoms with E-state index in [9.17, 15) is 8.42 Å². The minimum Gasteiger partial charge on any atom is -0.468 e. The second kappa shape index (κ2) is 10.5. The Hall–Kier alpha value is -2.71. The monoisotopic (exact) mass is 509 g/mol. The number of pyridine rings is 1. The van der Waals surface area contributed by atoms with Crippen LogP contribution in [0.3, 0.4) is 0 Å². The van der Waals surface area contributed by atoms with Crippen LogP contribution in [0.25, 0.3) is 10.9 Å². The average molecular weight is 510 g/mol. The van der Waals surface area contributed by atoms with E-state index < -0.39 is 10.0 Å². The van der Waals surface area contributed by atoms with Crippen LogP contribution in [0.5, 0.6) is 0 Å². The molecule has 0 saturated carbocycles. The molecule has 0 aliphatic carbocycles. The lowest BCUT2D eigenvalue weighted by Crippen LogP contribution is -2.47. The highest BCUT2D eigenvalue weighted by Crippen LogP contribution is 2.30. The standard InChI is InChI=1S/C27H28ClN3O3S/c28-23-10-8-21(9-11-23)12-16-30-17-13-24(14-18-30)31(20-25-6-3-19-34-25)35(32,33)26-7-1-4-22-5-2-15-29-27(22)26/h1-11,15,19,24H,12-14,16-18,20H2. The van der Waals surface area contributed by atoms with E-state index in [2.05, 4.69) is 22.0 Å². The van der Waals surface area contributed by atoms with Gasteiger partial charge in [-0.3, -0.25) is 4.98 Å². The first kappa shape index (κ1) is 24.0. The Morgan fingerprint density at radius 2 is 1.77 bits per heavy atom. The number of piperidine rings is 1. The van der Waals surface area contributed by atoms with Crippen molar-refractivity contribution in [2.75, 3.05) is 19.6 Å². The topological polar surface area (TPSA) is 66.7 Å². The molecular weight excluding hydrogens is 482 g/mol. The zero-order chi connectivity index (χ0) is 24.3. The van der Waals surface area contributed by atoms with Gasteiger partial charge in [0.1, 0.15) is 10.7 Å². The van der Waals surface area contributed by atoms with E-state index in [1.165, 1.54) is 5.56 Å². The lowest BCUT2D eigenvalue weighted by molar-refractivity contribution is 0.153. The number of sulfonamides is 1. The molecule has 8 heteroatoms. The van der Waals surface area contributed by atoms with Gasteiger partial charge in [0.05, 0.1) is 18.3 Å². The number of nitrogens with zero attached hydrogens (tertiary/aromatic N) is 3. The summed E-state index contributed by atoms with van der Waals surface area (Å²) in [7, 11) is -3.80. The van der Waals surface area contributed by atoms with E-state index >= 15 is 0 Å². The molecule has 0 bridgehead atoms. The lowest BCUT2D eigenvalue weighted by atomic mass is 10.0. The Morgan fingerprint density at radius 3 is 2.51 bits per heavy atom. The highest BCUT2D eigenvalue weighted by Gasteiger charge is 2.35. The maximum atomic E-state index is 14.0. The molecule has 0 atom stereocenters. The molecule has 6 nitrogen and oxygen atoms in total. The average Bonchev–Trinajstić information content (AvgIpc) is 3.40. The van der Waals surface area contributed by atoms with Gasteiger partial charge in [0, 0.05) is 29.2 Å². The molecule has 5 rings (SSSR count). The number of benzene rings is 2. The molecule has 3 heterocycles. The van der Waals surface area contributed by atoms with Crippen LogP contribution in [-0.2, 0) is 23.0 Å². The Labute approximate surface area is 211 Å². The molecule has 2 aromatic heterocycles. The highest BCUT2D eigenvalue weighted by atomic mass is 35.5. The molecule has 4 aromatic rings. The molecule has 35 heavy (non-hydrogen) atoms. The van der Waals surface area contributed by atoms with Gasteiger partial charge in [-0.1, -0.05) is 41.9 Å². The molecule has 1 saturated heterocycles. The second-order valence-corrected chi connectivity index (χ2v) is 11.2. The fourth-order valence-electron chi connectivity index (χ4n) is 4.75. The van der Waals surface area contributed by atoms with E-state index in [0.29, 0.717) is 11.3 Å². The lowest BCUT2D eigenvalue weighted by Gasteiger charge is -2.37. The normalized spacial score (nSPS) is 15.7. The minimum absolute atomic E-state index is 0.115. The number of para-hydroxylation sites is 1. The predicted octanol–water partition coefficient (Wildman–Crippen LogP) is 5.38. The SMILES string of the molecule is O=S(=O)(c1cccc2cccnc12)N(Cc1ccco1)C1CCN(CCc2ccc(Cl)cc2)CC1. The van der Waals surface area contributed by atoms with Crippen LogP contribution in [-0.4, -0.2) is 48.3 Å². The van der Waals surface area contributed by atoms with Crippen molar-refractivity contribution < 1.29 is 12.8 Å². The zero-order valence-electron chi connectivity index (χ0n) is 19.4. The van der Waals surface area contributed by atoms with Crippen molar-refractivity contribution in [2.24, 2.45) is 0 Å². The number of halogens is 1. The van der Waals surface area contributed by atoms with Gasteiger partial charge in [0.2, 0.25) is 10.0 Å². The first-order valence-corrected chi connectivity index (χ1v) is 13.7. The quantitative estimate of drug-likeness (QED) is 0.319. The van der Waals surface area contributed by atoms with Crippen LogP contribution in [0, 0.1) is 0 Å². The molecule has 0 N–H and O–H groups in total. The molecule has 1 aliphatic heterocycles. The fourth-order valence-corrected chi connectivity index (χ4v) is 6.69. The van der Waals surface area contributed by atoms with Gasteiger partial charge in [-0.2, -0.15) is 4.31 Å². The van der Waals surface area contributed by atoms with Gasteiger partial charge in [-0.05, 0) is 74.3 Å². The first-order valence-electron chi connectivity index (χ1n) is 11.9. The van der Waals surface area contributed by atoms with Gasteiger partial charge in [0.25, 0.3) is 0 Å². The number of furan rings is 1. The maximum absolute atomic E-state index is 14.0. The van der Waals surface area contributed by atoms with Crippen LogP contribution in [0.2, 0.25) is 5.02 Å². The number of rotatable bonds is 8. The number of hydrogen-bond acceptors (Lipinski definition) is 5. The van der Waals surface area contributed by atoms with Crippen LogP contribution in [0.15, 0.2) is 88.5 Å². The number of fused-ring (bicyclic) bond motifs is 1. The number of aromatic nitrogens is 1. The van der Waals surface area contributed by atoms with Crippen LogP contribution < -0.4 is 0 Å². The summed E-state index contributed by atoms with van der Waals surface area (Å²) in [6, 6.07) is 20.5. The Kier molecular flexibility index (Phi) is 7.20. The number of likely N-dealkylation sites (tertiary alicyclic amines) is 1. The molecule has 0 amide bonds. The first-order chi connectivity index (χ1) is 17.0. The predicted molar refractivity (Wildman–Crippen MR) is 138 cm³/mol. The molecular formula is C27H28ClN3O3S. The zero-order valence-corrected chi connectivity index (χ0v) is 21.0. The van der Waals surface area contributed by atoms with Crippen molar-refractivity contribution >= 4 is 32.5 Å². The highest BCUT2D eigenvalue weighted by molar-refractivity contribution is 7.89. The summed E-state index contributed by atoms with van der Waals surface area (Å²) in [5.74, 6) is 0.631.